The Morgan fingerprint density at radius 3 is 2.60 bits per heavy atom. The van der Waals surface area contributed by atoms with Crippen LogP contribution in [-0.4, -0.2) is 5.91 Å². The van der Waals surface area contributed by atoms with Crippen LogP contribution in [0.15, 0.2) is 42.5 Å². The van der Waals surface area contributed by atoms with E-state index in [0.717, 1.165) is 11.1 Å². The fourth-order valence-corrected chi connectivity index (χ4v) is 2.01. The van der Waals surface area contributed by atoms with Crippen LogP contribution in [0.4, 0.5) is 0 Å². The summed E-state index contributed by atoms with van der Waals surface area (Å²) in [6, 6.07) is 14.5. The molecular weight excluding hydrogens is 272 g/mol. The summed E-state index contributed by atoms with van der Waals surface area (Å²) in [4.78, 5) is 12.1. The SMILES string of the molecule is Cc1cccc(C(=O)NCc2ccc(C#N)cc2)c1Cl. The molecule has 20 heavy (non-hydrogen) atoms. The average molecular weight is 285 g/mol. The van der Waals surface area contributed by atoms with Gasteiger partial charge in [-0.3, -0.25) is 4.79 Å². The minimum atomic E-state index is -0.206. The van der Waals surface area contributed by atoms with Crippen LogP contribution in [0.5, 0.6) is 0 Å². The van der Waals surface area contributed by atoms with Gasteiger partial charge in [0.15, 0.2) is 0 Å². The van der Waals surface area contributed by atoms with E-state index in [1.165, 1.54) is 0 Å². The molecule has 0 unspecified atom stereocenters. The lowest BCUT2D eigenvalue weighted by Gasteiger charge is -2.08. The Hall–Kier alpha value is -2.31. The topological polar surface area (TPSA) is 52.9 Å². The summed E-state index contributed by atoms with van der Waals surface area (Å²) in [5.41, 5.74) is 2.88. The van der Waals surface area contributed by atoms with Crippen LogP contribution in [-0.2, 0) is 6.54 Å². The van der Waals surface area contributed by atoms with E-state index < -0.39 is 0 Å². The molecule has 4 heteroatoms. The van der Waals surface area contributed by atoms with E-state index >= 15 is 0 Å². The average Bonchev–Trinajstić information content (AvgIpc) is 2.48. The molecule has 1 amide bonds. The van der Waals surface area contributed by atoms with E-state index in [1.54, 1.807) is 24.3 Å². The Labute approximate surface area is 122 Å². The van der Waals surface area contributed by atoms with Crippen molar-refractivity contribution in [3.8, 4) is 6.07 Å². The molecule has 0 aliphatic heterocycles. The molecule has 0 radical (unpaired) electrons. The molecule has 0 saturated heterocycles. The third-order valence-electron chi connectivity index (χ3n) is 2.97. The van der Waals surface area contributed by atoms with Crippen LogP contribution in [0.25, 0.3) is 0 Å². The van der Waals surface area contributed by atoms with E-state index in [-0.39, 0.29) is 5.91 Å². The summed E-state index contributed by atoms with van der Waals surface area (Å²) in [7, 11) is 0. The van der Waals surface area contributed by atoms with Gasteiger partial charge in [0.1, 0.15) is 0 Å². The lowest BCUT2D eigenvalue weighted by molar-refractivity contribution is 0.0951. The molecule has 2 aromatic carbocycles. The number of nitrogens with zero attached hydrogens (tertiary/aromatic N) is 1. The van der Waals surface area contributed by atoms with Gasteiger partial charge in [-0.2, -0.15) is 5.26 Å². The predicted molar refractivity (Wildman–Crippen MR) is 78.5 cm³/mol. The van der Waals surface area contributed by atoms with Crippen LogP contribution in [0.2, 0.25) is 5.02 Å². The number of hydrogen-bond acceptors (Lipinski definition) is 2. The minimum Gasteiger partial charge on any atom is -0.348 e. The Kier molecular flexibility index (Phi) is 4.39. The summed E-state index contributed by atoms with van der Waals surface area (Å²) < 4.78 is 0. The number of amides is 1. The van der Waals surface area contributed by atoms with Crippen molar-refractivity contribution in [3.63, 3.8) is 0 Å². The highest BCUT2D eigenvalue weighted by atomic mass is 35.5. The van der Waals surface area contributed by atoms with Crippen LogP contribution in [0, 0.1) is 18.3 Å². The van der Waals surface area contributed by atoms with Crippen molar-refractivity contribution in [2.24, 2.45) is 0 Å². The van der Waals surface area contributed by atoms with E-state index in [2.05, 4.69) is 11.4 Å². The van der Waals surface area contributed by atoms with Crippen molar-refractivity contribution in [2.45, 2.75) is 13.5 Å². The van der Waals surface area contributed by atoms with E-state index in [4.69, 9.17) is 16.9 Å². The lowest BCUT2D eigenvalue weighted by Crippen LogP contribution is -2.23. The maximum Gasteiger partial charge on any atom is 0.253 e. The Balaban J connectivity index is 2.05. The number of aryl methyl sites for hydroxylation is 1. The maximum absolute atomic E-state index is 12.1. The second-order valence-corrected chi connectivity index (χ2v) is 4.81. The number of rotatable bonds is 3. The van der Waals surface area contributed by atoms with Gasteiger partial charge in [0.2, 0.25) is 0 Å². The van der Waals surface area contributed by atoms with E-state index in [0.29, 0.717) is 22.7 Å². The molecule has 0 fully saturated rings. The van der Waals surface area contributed by atoms with Crippen molar-refractivity contribution in [1.29, 1.82) is 5.26 Å². The first kappa shape index (κ1) is 14.1. The molecule has 100 valence electrons. The third-order valence-corrected chi connectivity index (χ3v) is 3.47. The molecule has 0 aromatic heterocycles. The van der Waals surface area contributed by atoms with Crippen LogP contribution in [0.3, 0.4) is 0 Å². The smallest absolute Gasteiger partial charge is 0.253 e. The molecule has 2 aromatic rings. The second-order valence-electron chi connectivity index (χ2n) is 4.43. The number of nitrogens with one attached hydrogen (secondary N) is 1. The molecular formula is C16H13ClN2O. The third kappa shape index (κ3) is 3.17. The van der Waals surface area contributed by atoms with Gasteiger partial charge in [-0.25, -0.2) is 0 Å². The number of hydrogen-bond donors (Lipinski definition) is 1. The van der Waals surface area contributed by atoms with Gasteiger partial charge < -0.3 is 5.32 Å². The molecule has 3 nitrogen and oxygen atoms in total. The second kappa shape index (κ2) is 6.23. The highest BCUT2D eigenvalue weighted by Gasteiger charge is 2.11. The Morgan fingerprint density at radius 2 is 1.95 bits per heavy atom. The van der Waals surface area contributed by atoms with Crippen LogP contribution in [0.1, 0.15) is 27.0 Å². The molecule has 2 rings (SSSR count). The highest BCUT2D eigenvalue weighted by Crippen LogP contribution is 2.20. The Morgan fingerprint density at radius 1 is 1.25 bits per heavy atom. The number of nitriles is 1. The molecule has 0 aliphatic rings. The van der Waals surface area contributed by atoms with Crippen molar-refractivity contribution in [1.82, 2.24) is 5.32 Å². The summed E-state index contributed by atoms with van der Waals surface area (Å²) in [6.07, 6.45) is 0. The fourth-order valence-electron chi connectivity index (χ4n) is 1.80. The summed E-state index contributed by atoms with van der Waals surface area (Å²) >= 11 is 6.11. The lowest BCUT2D eigenvalue weighted by atomic mass is 10.1. The van der Waals surface area contributed by atoms with Gasteiger partial charge >= 0.3 is 0 Å². The van der Waals surface area contributed by atoms with Gasteiger partial charge in [-0.15, -0.1) is 0 Å². The van der Waals surface area contributed by atoms with Crippen molar-refractivity contribution < 1.29 is 4.79 Å². The molecule has 0 saturated carbocycles. The first-order valence-corrected chi connectivity index (χ1v) is 6.52. The quantitative estimate of drug-likeness (QED) is 0.938. The zero-order valence-electron chi connectivity index (χ0n) is 11.0. The summed E-state index contributed by atoms with van der Waals surface area (Å²) in [5, 5.41) is 12.0. The predicted octanol–water partition coefficient (Wildman–Crippen LogP) is 3.45. The number of halogens is 1. The molecule has 0 aliphatic carbocycles. The monoisotopic (exact) mass is 284 g/mol. The van der Waals surface area contributed by atoms with Gasteiger partial charge in [-0.1, -0.05) is 35.9 Å². The summed E-state index contributed by atoms with van der Waals surface area (Å²) in [5.74, 6) is -0.206. The molecule has 0 spiro atoms. The number of carbonyl (C=O) groups excluding carboxylic acids is 1. The van der Waals surface area contributed by atoms with Crippen molar-refractivity contribution in [3.05, 3.63) is 69.7 Å². The maximum atomic E-state index is 12.1. The highest BCUT2D eigenvalue weighted by molar-refractivity contribution is 6.34. The van der Waals surface area contributed by atoms with Crippen molar-refractivity contribution in [2.75, 3.05) is 0 Å². The number of carbonyl (C=O) groups is 1. The van der Waals surface area contributed by atoms with Crippen LogP contribution >= 0.6 is 11.6 Å². The van der Waals surface area contributed by atoms with Crippen LogP contribution < -0.4 is 5.32 Å². The largest absolute Gasteiger partial charge is 0.348 e. The van der Waals surface area contributed by atoms with E-state index in [1.807, 2.05) is 25.1 Å². The van der Waals surface area contributed by atoms with Gasteiger partial charge in [0.05, 0.1) is 22.2 Å². The first-order valence-electron chi connectivity index (χ1n) is 6.14. The first-order chi connectivity index (χ1) is 9.61. The van der Waals surface area contributed by atoms with Gasteiger partial charge in [0.25, 0.3) is 5.91 Å². The number of benzene rings is 2. The molecule has 0 bridgehead atoms. The molecule has 0 heterocycles. The zero-order valence-corrected chi connectivity index (χ0v) is 11.7. The zero-order chi connectivity index (χ0) is 14.5. The minimum absolute atomic E-state index is 0.206. The molecule has 0 atom stereocenters. The normalized spacial score (nSPS) is 9.85. The van der Waals surface area contributed by atoms with Gasteiger partial charge in [-0.05, 0) is 36.2 Å². The van der Waals surface area contributed by atoms with Gasteiger partial charge in [0, 0.05) is 6.54 Å². The summed E-state index contributed by atoms with van der Waals surface area (Å²) in [6.45, 7) is 2.26. The standard InChI is InChI=1S/C16H13ClN2O/c1-11-3-2-4-14(15(11)17)16(20)19-10-13-7-5-12(9-18)6-8-13/h2-8H,10H2,1H3,(H,19,20). The van der Waals surface area contributed by atoms with Crippen molar-refractivity contribution >= 4 is 17.5 Å². The fraction of sp³-hybridized carbons (Fsp3) is 0.125. The Bertz CT molecular complexity index is 672. The molecule has 1 N–H and O–H groups in total. The van der Waals surface area contributed by atoms with E-state index in [9.17, 15) is 4.79 Å².